The number of carbonyl (C=O) groups excluding carboxylic acids is 1. The number of sulfone groups is 1. The second-order valence-electron chi connectivity index (χ2n) is 5.85. The Bertz CT molecular complexity index is 892. The van der Waals surface area contributed by atoms with E-state index in [4.69, 9.17) is 4.74 Å². The molecule has 134 valence electrons. The first-order valence-electron chi connectivity index (χ1n) is 7.70. The summed E-state index contributed by atoms with van der Waals surface area (Å²) in [5, 5.41) is 5.70. The maximum absolute atomic E-state index is 12.2. The van der Waals surface area contributed by atoms with E-state index < -0.39 is 9.84 Å². The van der Waals surface area contributed by atoms with Crippen molar-refractivity contribution in [3.63, 3.8) is 0 Å². The van der Waals surface area contributed by atoms with Gasteiger partial charge in [0.05, 0.1) is 24.2 Å². The third-order valence-electron chi connectivity index (χ3n) is 3.69. The average molecular weight is 362 g/mol. The molecule has 0 radical (unpaired) electrons. The first-order valence-corrected chi connectivity index (χ1v) is 9.59. The third kappa shape index (κ3) is 4.96. The predicted molar refractivity (Wildman–Crippen MR) is 99.1 cm³/mol. The number of amides is 1. The topological polar surface area (TPSA) is 84.5 Å². The lowest BCUT2D eigenvalue weighted by atomic mass is 10.1. The second kappa shape index (κ2) is 7.57. The van der Waals surface area contributed by atoms with Crippen molar-refractivity contribution < 1.29 is 17.9 Å². The zero-order valence-corrected chi connectivity index (χ0v) is 15.5. The van der Waals surface area contributed by atoms with Gasteiger partial charge >= 0.3 is 0 Å². The molecule has 2 N–H and O–H groups in total. The van der Waals surface area contributed by atoms with Gasteiger partial charge in [0.15, 0.2) is 9.84 Å². The van der Waals surface area contributed by atoms with Crippen molar-refractivity contribution in [1.82, 2.24) is 0 Å². The molecular weight excluding hydrogens is 340 g/mol. The van der Waals surface area contributed by atoms with Gasteiger partial charge in [-0.25, -0.2) is 8.42 Å². The number of benzene rings is 2. The van der Waals surface area contributed by atoms with Gasteiger partial charge in [-0.2, -0.15) is 0 Å². The quantitative estimate of drug-likeness (QED) is 0.825. The van der Waals surface area contributed by atoms with Crippen LogP contribution in [0.15, 0.2) is 41.3 Å². The molecule has 0 saturated carbocycles. The van der Waals surface area contributed by atoms with Crippen molar-refractivity contribution in [2.24, 2.45) is 0 Å². The number of rotatable bonds is 6. The van der Waals surface area contributed by atoms with Crippen molar-refractivity contribution in [2.45, 2.75) is 18.7 Å². The van der Waals surface area contributed by atoms with Crippen LogP contribution in [-0.2, 0) is 14.6 Å². The largest absolute Gasteiger partial charge is 0.497 e. The van der Waals surface area contributed by atoms with E-state index in [1.165, 1.54) is 13.2 Å². The summed E-state index contributed by atoms with van der Waals surface area (Å²) in [6.45, 7) is 3.80. The van der Waals surface area contributed by atoms with E-state index in [-0.39, 0.29) is 17.3 Å². The van der Waals surface area contributed by atoms with E-state index in [1.807, 2.05) is 32.0 Å². The fraction of sp³-hybridized carbons (Fsp3) is 0.278. The maximum atomic E-state index is 12.2. The van der Waals surface area contributed by atoms with Crippen molar-refractivity contribution in [2.75, 3.05) is 30.5 Å². The Hall–Kier alpha value is -2.54. The molecule has 6 nitrogen and oxygen atoms in total. The van der Waals surface area contributed by atoms with Crippen LogP contribution in [0, 0.1) is 13.8 Å². The SMILES string of the molecule is COc1ccc(NCC(=O)Nc2cc(C)ccc2C)c(S(C)(=O)=O)c1. The number of carbonyl (C=O) groups is 1. The molecule has 0 fully saturated rings. The fourth-order valence-corrected chi connectivity index (χ4v) is 3.19. The molecule has 0 aliphatic heterocycles. The fourth-order valence-electron chi connectivity index (χ4n) is 2.32. The van der Waals surface area contributed by atoms with Crippen LogP contribution >= 0.6 is 0 Å². The molecule has 7 heteroatoms. The van der Waals surface area contributed by atoms with Gasteiger partial charge < -0.3 is 15.4 Å². The summed E-state index contributed by atoms with van der Waals surface area (Å²) in [5.41, 5.74) is 3.10. The number of hydrogen-bond donors (Lipinski definition) is 2. The van der Waals surface area contributed by atoms with Crippen molar-refractivity contribution in [1.29, 1.82) is 0 Å². The Morgan fingerprint density at radius 3 is 2.44 bits per heavy atom. The number of aryl methyl sites for hydroxylation is 2. The Balaban J connectivity index is 2.13. The van der Waals surface area contributed by atoms with Gasteiger partial charge in [-0.1, -0.05) is 12.1 Å². The van der Waals surface area contributed by atoms with Crippen molar-refractivity contribution >= 4 is 27.1 Å². The number of methoxy groups -OCH3 is 1. The van der Waals surface area contributed by atoms with Crippen LogP contribution in [0.1, 0.15) is 11.1 Å². The molecule has 2 aromatic carbocycles. The van der Waals surface area contributed by atoms with Gasteiger partial charge in [0.2, 0.25) is 5.91 Å². The van der Waals surface area contributed by atoms with Gasteiger partial charge in [0.1, 0.15) is 5.75 Å². The number of ether oxygens (including phenoxy) is 1. The first-order chi connectivity index (χ1) is 11.7. The molecule has 2 aromatic rings. The van der Waals surface area contributed by atoms with Crippen molar-refractivity contribution in [3.8, 4) is 5.75 Å². The van der Waals surface area contributed by atoms with Crippen LogP contribution in [0.25, 0.3) is 0 Å². The van der Waals surface area contributed by atoms with E-state index in [1.54, 1.807) is 12.1 Å². The lowest BCUT2D eigenvalue weighted by Crippen LogP contribution is -2.23. The lowest BCUT2D eigenvalue weighted by Gasteiger charge is -2.13. The molecule has 0 bridgehead atoms. The lowest BCUT2D eigenvalue weighted by molar-refractivity contribution is -0.114. The Labute approximate surface area is 148 Å². The highest BCUT2D eigenvalue weighted by Crippen LogP contribution is 2.26. The Kier molecular flexibility index (Phi) is 5.69. The van der Waals surface area contributed by atoms with E-state index >= 15 is 0 Å². The number of nitrogens with one attached hydrogen (secondary N) is 2. The summed E-state index contributed by atoms with van der Waals surface area (Å²) in [5.74, 6) is 0.176. The zero-order valence-electron chi connectivity index (χ0n) is 14.7. The molecule has 0 atom stereocenters. The highest BCUT2D eigenvalue weighted by molar-refractivity contribution is 7.90. The van der Waals surface area contributed by atoms with Gasteiger partial charge in [-0.15, -0.1) is 0 Å². The minimum Gasteiger partial charge on any atom is -0.497 e. The van der Waals surface area contributed by atoms with E-state index in [9.17, 15) is 13.2 Å². The summed E-state index contributed by atoms with van der Waals surface area (Å²) in [6.07, 6.45) is 1.11. The smallest absolute Gasteiger partial charge is 0.243 e. The summed E-state index contributed by atoms with van der Waals surface area (Å²) in [7, 11) is -1.99. The van der Waals surface area contributed by atoms with Crippen LogP contribution in [-0.4, -0.2) is 34.2 Å². The van der Waals surface area contributed by atoms with E-state index in [0.29, 0.717) is 11.4 Å². The molecule has 0 heterocycles. The highest BCUT2D eigenvalue weighted by atomic mass is 32.2. The van der Waals surface area contributed by atoms with Gasteiger partial charge in [-0.05, 0) is 43.2 Å². The van der Waals surface area contributed by atoms with Crippen LogP contribution in [0.5, 0.6) is 5.75 Å². The monoisotopic (exact) mass is 362 g/mol. The minimum atomic E-state index is -3.46. The molecule has 0 aromatic heterocycles. The standard InChI is InChI=1S/C18H22N2O4S/c1-12-5-6-13(2)16(9-12)20-18(21)11-19-15-8-7-14(24-3)10-17(15)25(4,22)23/h5-10,19H,11H2,1-4H3,(H,20,21). The molecular formula is C18H22N2O4S. The summed E-state index contributed by atoms with van der Waals surface area (Å²) in [6, 6.07) is 10.4. The molecule has 2 rings (SSSR count). The first kappa shape index (κ1) is 18.8. The van der Waals surface area contributed by atoms with Crippen LogP contribution in [0.4, 0.5) is 11.4 Å². The number of hydrogen-bond acceptors (Lipinski definition) is 5. The maximum Gasteiger partial charge on any atom is 0.243 e. The summed E-state index contributed by atoms with van der Waals surface area (Å²) >= 11 is 0. The molecule has 1 amide bonds. The molecule has 0 spiro atoms. The molecule has 0 saturated heterocycles. The minimum absolute atomic E-state index is 0.0533. The van der Waals surface area contributed by atoms with Gasteiger partial charge in [-0.3, -0.25) is 4.79 Å². The van der Waals surface area contributed by atoms with E-state index in [0.717, 1.165) is 23.1 Å². The average Bonchev–Trinajstić information content (AvgIpc) is 2.55. The summed E-state index contributed by atoms with van der Waals surface area (Å²) < 4.78 is 28.9. The number of anilines is 2. The zero-order chi connectivity index (χ0) is 18.6. The predicted octanol–water partition coefficient (Wildman–Crippen LogP) is 2.77. The Morgan fingerprint density at radius 2 is 1.80 bits per heavy atom. The molecule has 0 aliphatic carbocycles. The highest BCUT2D eigenvalue weighted by Gasteiger charge is 2.15. The van der Waals surface area contributed by atoms with Crippen molar-refractivity contribution in [3.05, 3.63) is 47.5 Å². The van der Waals surface area contributed by atoms with Crippen LogP contribution in [0.2, 0.25) is 0 Å². The second-order valence-corrected chi connectivity index (χ2v) is 7.84. The van der Waals surface area contributed by atoms with Crippen LogP contribution in [0.3, 0.4) is 0 Å². The normalized spacial score (nSPS) is 11.0. The third-order valence-corrected chi connectivity index (χ3v) is 4.83. The summed E-state index contributed by atoms with van der Waals surface area (Å²) in [4.78, 5) is 12.3. The molecule has 0 aliphatic rings. The van der Waals surface area contributed by atoms with Gasteiger partial charge in [0, 0.05) is 18.0 Å². The van der Waals surface area contributed by atoms with Gasteiger partial charge in [0.25, 0.3) is 0 Å². The van der Waals surface area contributed by atoms with E-state index in [2.05, 4.69) is 10.6 Å². The molecule has 25 heavy (non-hydrogen) atoms. The molecule has 0 unspecified atom stereocenters. The van der Waals surface area contributed by atoms with Crippen LogP contribution < -0.4 is 15.4 Å². The Morgan fingerprint density at radius 1 is 1.08 bits per heavy atom.